The van der Waals surface area contributed by atoms with Gasteiger partial charge in [-0.2, -0.15) is 0 Å². The minimum absolute atomic E-state index is 0.0256. The van der Waals surface area contributed by atoms with Gasteiger partial charge in [0, 0.05) is 12.8 Å². The van der Waals surface area contributed by atoms with Crippen LogP contribution in [0.15, 0.2) is 0 Å². The first kappa shape index (κ1) is 21.2. The summed E-state index contributed by atoms with van der Waals surface area (Å²) < 4.78 is 4.98. The third kappa shape index (κ3) is 22.1. The van der Waals surface area contributed by atoms with E-state index in [2.05, 4.69) is 6.92 Å². The standard InChI is InChI=1S/C12H24O2.C4H8O2/c1-3-5-6-7-8-9-10-12(13)14-11-4-2;1-2-3-4(5)6/h3-11H2,1-2H3;2-3H2,1H3,(H,5,6). The molecule has 0 radical (unpaired) electrons. The molecule has 0 spiro atoms. The van der Waals surface area contributed by atoms with E-state index >= 15 is 0 Å². The van der Waals surface area contributed by atoms with Crippen LogP contribution < -0.4 is 0 Å². The molecule has 4 heteroatoms. The molecule has 0 bridgehead atoms. The average molecular weight is 288 g/mol. The van der Waals surface area contributed by atoms with Gasteiger partial charge in [0.2, 0.25) is 0 Å². The summed E-state index contributed by atoms with van der Waals surface area (Å²) in [6.45, 7) is 6.64. The lowest BCUT2D eigenvalue weighted by atomic mass is 10.1. The maximum Gasteiger partial charge on any atom is 0.305 e. The molecule has 0 aromatic heterocycles. The molecule has 0 aliphatic carbocycles. The lowest BCUT2D eigenvalue weighted by Crippen LogP contribution is -2.04. The molecule has 0 aliphatic rings. The summed E-state index contributed by atoms with van der Waals surface area (Å²) in [5, 5.41) is 7.91. The van der Waals surface area contributed by atoms with E-state index in [0.717, 1.165) is 19.3 Å². The first-order chi connectivity index (χ1) is 9.58. The van der Waals surface area contributed by atoms with Crippen molar-refractivity contribution < 1.29 is 19.4 Å². The zero-order chi connectivity index (χ0) is 15.6. The van der Waals surface area contributed by atoms with Crippen molar-refractivity contribution in [1.29, 1.82) is 0 Å². The Morgan fingerprint density at radius 3 is 1.85 bits per heavy atom. The monoisotopic (exact) mass is 288 g/mol. The summed E-state index contributed by atoms with van der Waals surface area (Å²) >= 11 is 0. The van der Waals surface area contributed by atoms with Crippen LogP contribution in [0.1, 0.15) is 85.0 Å². The average Bonchev–Trinajstić information content (AvgIpc) is 2.41. The van der Waals surface area contributed by atoms with Crippen LogP contribution in [-0.2, 0) is 14.3 Å². The second-order valence-corrected chi connectivity index (χ2v) is 4.88. The predicted molar refractivity (Wildman–Crippen MR) is 81.8 cm³/mol. The van der Waals surface area contributed by atoms with E-state index in [1.165, 1.54) is 32.1 Å². The van der Waals surface area contributed by atoms with E-state index in [-0.39, 0.29) is 5.97 Å². The van der Waals surface area contributed by atoms with E-state index in [4.69, 9.17) is 9.84 Å². The SMILES string of the molecule is CCCC(=O)O.CCCCCCCCC(=O)OCCC. The third-order valence-corrected chi connectivity index (χ3v) is 2.67. The smallest absolute Gasteiger partial charge is 0.305 e. The van der Waals surface area contributed by atoms with Crippen LogP contribution in [0.5, 0.6) is 0 Å². The van der Waals surface area contributed by atoms with Gasteiger partial charge in [0.1, 0.15) is 0 Å². The maximum atomic E-state index is 11.1. The quantitative estimate of drug-likeness (QED) is 0.447. The molecule has 20 heavy (non-hydrogen) atoms. The lowest BCUT2D eigenvalue weighted by molar-refractivity contribution is -0.143. The predicted octanol–water partition coefficient (Wildman–Crippen LogP) is 4.56. The fourth-order valence-electron chi connectivity index (χ4n) is 1.55. The van der Waals surface area contributed by atoms with Crippen LogP contribution in [-0.4, -0.2) is 23.7 Å². The van der Waals surface area contributed by atoms with E-state index in [1.807, 2.05) is 13.8 Å². The Kier molecular flexibility index (Phi) is 19.1. The molecule has 0 atom stereocenters. The molecule has 0 amide bonds. The van der Waals surface area contributed by atoms with Crippen LogP contribution in [0.25, 0.3) is 0 Å². The molecule has 0 fully saturated rings. The van der Waals surface area contributed by atoms with E-state index in [9.17, 15) is 9.59 Å². The molecule has 0 aromatic carbocycles. The van der Waals surface area contributed by atoms with E-state index in [0.29, 0.717) is 19.4 Å². The number of unbranched alkanes of at least 4 members (excludes halogenated alkanes) is 5. The van der Waals surface area contributed by atoms with E-state index < -0.39 is 5.97 Å². The molecule has 0 aliphatic heterocycles. The zero-order valence-electron chi connectivity index (χ0n) is 13.5. The molecule has 0 saturated heterocycles. The van der Waals surface area contributed by atoms with Crippen molar-refractivity contribution in [3.05, 3.63) is 0 Å². The summed E-state index contributed by atoms with van der Waals surface area (Å²) in [5.41, 5.74) is 0. The summed E-state index contributed by atoms with van der Waals surface area (Å²) in [6, 6.07) is 0. The molecule has 0 saturated carbocycles. The molecule has 1 N–H and O–H groups in total. The number of hydrogen-bond donors (Lipinski definition) is 1. The first-order valence-corrected chi connectivity index (χ1v) is 7.95. The zero-order valence-corrected chi connectivity index (χ0v) is 13.5. The molecule has 0 unspecified atom stereocenters. The van der Waals surface area contributed by atoms with Crippen molar-refractivity contribution in [2.24, 2.45) is 0 Å². The summed E-state index contributed by atoms with van der Waals surface area (Å²) in [6.07, 6.45) is 9.87. The number of esters is 1. The number of carbonyl (C=O) groups is 2. The van der Waals surface area contributed by atoms with Crippen molar-refractivity contribution in [2.45, 2.75) is 85.0 Å². The van der Waals surface area contributed by atoms with Crippen molar-refractivity contribution in [3.8, 4) is 0 Å². The number of carbonyl (C=O) groups excluding carboxylic acids is 1. The first-order valence-electron chi connectivity index (χ1n) is 7.95. The van der Waals surface area contributed by atoms with Gasteiger partial charge in [-0.25, -0.2) is 0 Å². The molecule has 4 nitrogen and oxygen atoms in total. The van der Waals surface area contributed by atoms with Crippen LogP contribution in [0.4, 0.5) is 0 Å². The van der Waals surface area contributed by atoms with Crippen molar-refractivity contribution in [2.75, 3.05) is 6.61 Å². The Morgan fingerprint density at radius 2 is 1.40 bits per heavy atom. The third-order valence-electron chi connectivity index (χ3n) is 2.67. The largest absolute Gasteiger partial charge is 0.481 e. The molecule has 0 heterocycles. The number of hydrogen-bond acceptors (Lipinski definition) is 3. The van der Waals surface area contributed by atoms with Gasteiger partial charge in [-0.1, -0.05) is 52.9 Å². The fourth-order valence-corrected chi connectivity index (χ4v) is 1.55. The van der Waals surface area contributed by atoms with Gasteiger partial charge < -0.3 is 9.84 Å². The van der Waals surface area contributed by atoms with Gasteiger partial charge in [-0.3, -0.25) is 9.59 Å². The molecule has 0 rings (SSSR count). The number of aliphatic carboxylic acids is 1. The van der Waals surface area contributed by atoms with Crippen molar-refractivity contribution >= 4 is 11.9 Å². The Bertz CT molecular complexity index is 227. The second kappa shape index (κ2) is 17.9. The van der Waals surface area contributed by atoms with Gasteiger partial charge in [0.15, 0.2) is 0 Å². The Hall–Kier alpha value is -1.06. The fraction of sp³-hybridized carbons (Fsp3) is 0.875. The van der Waals surface area contributed by atoms with Crippen molar-refractivity contribution in [1.82, 2.24) is 0 Å². The van der Waals surface area contributed by atoms with Crippen LogP contribution in [0.3, 0.4) is 0 Å². The van der Waals surface area contributed by atoms with E-state index in [1.54, 1.807) is 0 Å². The summed E-state index contributed by atoms with van der Waals surface area (Å²) in [5.74, 6) is -0.736. The number of rotatable bonds is 11. The summed E-state index contributed by atoms with van der Waals surface area (Å²) in [4.78, 5) is 20.7. The molecule has 0 aromatic rings. The highest BCUT2D eigenvalue weighted by molar-refractivity contribution is 5.69. The van der Waals surface area contributed by atoms with Gasteiger partial charge in [0.05, 0.1) is 6.61 Å². The normalized spacial score (nSPS) is 9.55. The van der Waals surface area contributed by atoms with Gasteiger partial charge >= 0.3 is 11.9 Å². The molecule has 120 valence electrons. The lowest BCUT2D eigenvalue weighted by Gasteiger charge is -2.02. The summed E-state index contributed by atoms with van der Waals surface area (Å²) in [7, 11) is 0. The van der Waals surface area contributed by atoms with Gasteiger partial charge in [-0.15, -0.1) is 0 Å². The topological polar surface area (TPSA) is 63.6 Å². The number of carboxylic acid groups (broad SMARTS) is 1. The Morgan fingerprint density at radius 1 is 0.800 bits per heavy atom. The maximum absolute atomic E-state index is 11.1. The molecular formula is C16H32O4. The Balaban J connectivity index is 0. The number of ether oxygens (including phenoxy) is 1. The minimum atomic E-state index is -0.711. The Labute approximate surface area is 123 Å². The molecular weight excluding hydrogens is 256 g/mol. The van der Waals surface area contributed by atoms with Crippen LogP contribution >= 0.6 is 0 Å². The van der Waals surface area contributed by atoms with Crippen molar-refractivity contribution in [3.63, 3.8) is 0 Å². The van der Waals surface area contributed by atoms with Crippen LogP contribution in [0, 0.1) is 0 Å². The van der Waals surface area contributed by atoms with Gasteiger partial charge in [-0.05, 0) is 19.3 Å². The minimum Gasteiger partial charge on any atom is -0.481 e. The number of carboxylic acids is 1. The highest BCUT2D eigenvalue weighted by Gasteiger charge is 2.00. The highest BCUT2D eigenvalue weighted by Crippen LogP contribution is 2.07. The van der Waals surface area contributed by atoms with Gasteiger partial charge in [0.25, 0.3) is 0 Å². The highest BCUT2D eigenvalue weighted by atomic mass is 16.5. The second-order valence-electron chi connectivity index (χ2n) is 4.88. The van der Waals surface area contributed by atoms with Crippen LogP contribution in [0.2, 0.25) is 0 Å².